The van der Waals surface area contributed by atoms with Crippen LogP contribution < -0.4 is 45.6 Å². The van der Waals surface area contributed by atoms with E-state index in [0.717, 1.165) is 25.7 Å². The van der Waals surface area contributed by atoms with E-state index < -0.39 is 10.9 Å². The van der Waals surface area contributed by atoms with Crippen LogP contribution in [0.5, 0.6) is 0 Å². The average molecular weight is 1900 g/mol. The Balaban J connectivity index is 0.000000111. The molecule has 0 aliphatic heterocycles. The average Bonchev–Trinajstić information content (AvgIpc) is 1.32. The molecule has 0 amide bonds. The number of hydrogen-bond donors (Lipinski definition) is 0. The van der Waals surface area contributed by atoms with Gasteiger partial charge in [0.1, 0.15) is 0 Å². The Morgan fingerprint density at radius 2 is 0.346 bits per heavy atom. The van der Waals surface area contributed by atoms with Crippen LogP contribution in [0.3, 0.4) is 0 Å². The van der Waals surface area contributed by atoms with E-state index in [1.165, 1.54) is 217 Å². The van der Waals surface area contributed by atoms with E-state index in [4.69, 9.17) is 0 Å². The second-order valence-corrected chi connectivity index (χ2v) is 44.3. The van der Waals surface area contributed by atoms with Gasteiger partial charge in [0.2, 0.25) is 0 Å². The zero-order valence-electron chi connectivity index (χ0n) is 73.5. The second kappa shape index (κ2) is 41.6. The molecule has 24 rings (SSSR count). The fourth-order valence-electron chi connectivity index (χ4n) is 18.8. The number of hydrogen-bond acceptors (Lipinski definition) is 0. The minimum atomic E-state index is -0.455. The molecule has 6 heteroatoms. The maximum absolute atomic E-state index is 2.36. The molecule has 0 saturated carbocycles. The predicted octanol–water partition coefficient (Wildman–Crippen LogP) is 25.1. The molecule has 24 aromatic carbocycles. The fraction of sp³-hybridized carbons (Fsp3) is 0.0645. The normalized spacial score (nSPS) is 11.0. The topological polar surface area (TPSA) is 0 Å². The maximum atomic E-state index is 2.36. The van der Waals surface area contributed by atoms with Crippen LogP contribution in [-0.4, -0.2) is 10.9 Å². The first-order chi connectivity index (χ1) is 63.1. The zero-order chi connectivity index (χ0) is 86.8. The molecular weight excluding hydrogens is 1800 g/mol. The summed E-state index contributed by atoms with van der Waals surface area (Å²) in [4.78, 5) is 0. The van der Waals surface area contributed by atoms with Gasteiger partial charge in [0.15, 0.2) is 0 Å². The van der Waals surface area contributed by atoms with Crippen molar-refractivity contribution in [2.75, 3.05) is 0 Å². The molecule has 0 heterocycles. The van der Waals surface area contributed by atoms with Crippen molar-refractivity contribution < 1.29 is 71.5 Å². The van der Waals surface area contributed by atoms with E-state index in [-0.39, 0.29) is 24.8 Å². The summed E-state index contributed by atoms with van der Waals surface area (Å²) in [6.45, 7) is 8.89. The van der Waals surface area contributed by atoms with Gasteiger partial charge in [-0.05, 0) is 158 Å². The van der Waals surface area contributed by atoms with Crippen LogP contribution in [-0.2, 0) is 72.4 Å². The van der Waals surface area contributed by atoms with Gasteiger partial charge in [-0.1, -0.05) is 268 Å². The van der Waals surface area contributed by atoms with Gasteiger partial charge in [-0.15, -0.1) is 138 Å². The Bertz CT molecular complexity index is 7200. The van der Waals surface area contributed by atoms with Gasteiger partial charge >= 0.3 is 200 Å². The fourth-order valence-corrected chi connectivity index (χ4v) is 26.5. The standard InChI is InChI=1S/4C25H19.2C12H10Si.2ClH.2Zr/c4*1-2-17-14-18-9-7-13-23(24(18)15-17)25-16-19-8-3-4-10-20(19)21-11-5-6-12-22(21)25;2*1-3-7-11(8-4-1)13-12-9-5-2-6-10-12;;;;/h4*3-16H,2H2,1H3;2*1-10H;2*1H;;/q4*-1;;;;;2*+2/p-2. The Hall–Kier alpha value is -12.3. The third kappa shape index (κ3) is 18.9. The first kappa shape index (κ1) is 89.7. The van der Waals surface area contributed by atoms with Crippen molar-refractivity contribution in [3.63, 3.8) is 0 Å². The van der Waals surface area contributed by atoms with Gasteiger partial charge in [0.05, 0.1) is 0 Å². The van der Waals surface area contributed by atoms with Crippen molar-refractivity contribution in [3.8, 4) is 44.5 Å². The van der Waals surface area contributed by atoms with Crippen LogP contribution in [0.25, 0.3) is 174 Å². The summed E-state index contributed by atoms with van der Waals surface area (Å²) in [5, 5.41) is 38.0. The Kier molecular flexibility index (Phi) is 28.7. The molecule has 0 fully saturated rings. The Morgan fingerprint density at radius 3 is 0.546 bits per heavy atom. The molecule has 0 nitrogen and oxygen atoms in total. The number of fused-ring (bicyclic) bond motifs is 16. The van der Waals surface area contributed by atoms with Gasteiger partial charge in [0.25, 0.3) is 0 Å². The van der Waals surface area contributed by atoms with Crippen LogP contribution in [0, 0.1) is 0 Å². The quantitative estimate of drug-likeness (QED) is 0.0650. The molecule has 24 aromatic rings. The Morgan fingerprint density at radius 1 is 0.169 bits per heavy atom. The molecule has 0 bridgehead atoms. The summed E-state index contributed by atoms with van der Waals surface area (Å²) in [6, 6.07) is 168. The van der Waals surface area contributed by atoms with Crippen LogP contribution in [0.4, 0.5) is 0 Å². The monoisotopic (exact) mass is 1890 g/mol. The van der Waals surface area contributed by atoms with E-state index in [0.29, 0.717) is 0 Å². The molecule has 0 unspecified atom stereocenters. The van der Waals surface area contributed by atoms with Crippen LogP contribution in [0.2, 0.25) is 0 Å². The third-order valence-electron chi connectivity index (χ3n) is 25.4. The summed E-state index contributed by atoms with van der Waals surface area (Å²) < 4.78 is 0. The van der Waals surface area contributed by atoms with Gasteiger partial charge < -0.3 is 24.8 Å². The SMILES string of the molecule is CCc1cc2c(-c3cc4ccccc4c4ccccc34)cccc2[cH-]1.CCc1cc2c(-c3cc4ccccc4c4ccccc34)cccc2[cH-]1.CCc1cc2c(-c3cc4ccccc4c4ccccc34)cccc2[cH-]1.CCc1cc2c(-c3cc4ccccc4c4ccccc34)cccc2[cH-]1.[Cl-].[Cl-].[Zr+2]=[Si](c1ccccc1)c1ccccc1.[Zr+2]=[Si](c1ccccc1)c1ccccc1. The first-order valence-corrected chi connectivity index (χ1v) is 55.3. The minimum absolute atomic E-state index is 0. The molecule has 0 atom stereocenters. The molecule has 0 aliphatic carbocycles. The molecule has 0 radical (unpaired) electrons. The zero-order valence-corrected chi connectivity index (χ0v) is 81.9. The van der Waals surface area contributed by atoms with Crippen molar-refractivity contribution in [1.29, 1.82) is 0 Å². The number of aryl methyl sites for hydroxylation is 4. The molecule has 624 valence electrons. The van der Waals surface area contributed by atoms with Crippen LogP contribution in [0.1, 0.15) is 49.9 Å². The van der Waals surface area contributed by atoms with E-state index in [2.05, 4.69) is 489 Å². The molecule has 0 spiro atoms. The summed E-state index contributed by atoms with van der Waals surface area (Å²) in [5.41, 5.74) is 15.4. The number of halogens is 2. The van der Waals surface area contributed by atoms with E-state index in [1.807, 2.05) is 0 Å². The van der Waals surface area contributed by atoms with E-state index >= 15 is 0 Å². The van der Waals surface area contributed by atoms with Crippen LogP contribution >= 0.6 is 0 Å². The van der Waals surface area contributed by atoms with Gasteiger partial charge in [-0.3, -0.25) is 0 Å². The molecular formula is C124H96Cl2Si2Zr2-2. The van der Waals surface area contributed by atoms with Crippen molar-refractivity contribution in [2.24, 2.45) is 0 Å². The molecule has 0 aliphatic rings. The molecule has 0 aromatic heterocycles. The summed E-state index contributed by atoms with van der Waals surface area (Å²) in [6.07, 6.45) is 4.30. The van der Waals surface area contributed by atoms with Crippen molar-refractivity contribution in [2.45, 2.75) is 53.4 Å². The van der Waals surface area contributed by atoms with Crippen LogP contribution in [0.15, 0.2) is 461 Å². The van der Waals surface area contributed by atoms with Gasteiger partial charge in [0, 0.05) is 0 Å². The summed E-state index contributed by atoms with van der Waals surface area (Å²) in [7, 11) is 0. The molecule has 130 heavy (non-hydrogen) atoms. The molecule has 0 N–H and O–H groups in total. The van der Waals surface area contributed by atoms with Crippen molar-refractivity contribution in [3.05, 3.63) is 483 Å². The number of benzene rings is 20. The van der Waals surface area contributed by atoms with E-state index in [1.54, 1.807) is 46.7 Å². The summed E-state index contributed by atoms with van der Waals surface area (Å²) in [5.74, 6) is 0. The van der Waals surface area contributed by atoms with Crippen molar-refractivity contribution >= 4 is 161 Å². The Labute approximate surface area is 805 Å². The van der Waals surface area contributed by atoms with Crippen molar-refractivity contribution in [1.82, 2.24) is 0 Å². The second-order valence-electron chi connectivity index (χ2n) is 33.1. The first-order valence-electron chi connectivity index (χ1n) is 44.9. The predicted molar refractivity (Wildman–Crippen MR) is 553 cm³/mol. The molecule has 0 saturated heterocycles. The summed E-state index contributed by atoms with van der Waals surface area (Å²) >= 11 is 3.29. The van der Waals surface area contributed by atoms with E-state index in [9.17, 15) is 0 Å². The van der Waals surface area contributed by atoms with Gasteiger partial charge in [-0.25, -0.2) is 0 Å². The number of rotatable bonds is 12. The van der Waals surface area contributed by atoms with Gasteiger partial charge in [-0.2, -0.15) is 24.3 Å². The third-order valence-corrected chi connectivity index (χ3v) is 37.5.